The second-order valence-corrected chi connectivity index (χ2v) is 6.83. The maximum absolute atomic E-state index is 12.3. The third kappa shape index (κ3) is 3.78. The highest BCUT2D eigenvalue weighted by atomic mass is 32.2. The normalized spacial score (nSPS) is 12.8. The van der Waals surface area contributed by atoms with Gasteiger partial charge in [0.25, 0.3) is 0 Å². The van der Waals surface area contributed by atoms with Crippen LogP contribution in [0.25, 0.3) is 0 Å². The molecule has 0 spiro atoms. The van der Waals surface area contributed by atoms with Crippen LogP contribution in [-0.4, -0.2) is 22.1 Å². The first-order chi connectivity index (χ1) is 10.4. The largest absolute Gasteiger partial charge is 0.496 e. The fourth-order valence-electron chi connectivity index (χ4n) is 2.15. The first-order valence-corrected chi connectivity index (χ1v) is 8.40. The second-order valence-electron chi connectivity index (χ2n) is 5.06. The average Bonchev–Trinajstić information content (AvgIpc) is 2.53. The number of hydrogen-bond donors (Lipinski definition) is 2. The molecule has 0 saturated heterocycles. The molecular weight excluding hydrogens is 300 g/mol. The standard InChI is InChI=1S/C16H20N2O3S/c1-12(15-5-3-4-6-16(15)21-2)11-18-22(19,20)14-9-7-13(17)8-10-14/h3-10,12,18H,11,17H2,1-2H3. The van der Waals surface area contributed by atoms with E-state index in [-0.39, 0.29) is 17.4 Å². The van der Waals surface area contributed by atoms with Crippen molar-refractivity contribution in [1.29, 1.82) is 0 Å². The molecular formula is C16H20N2O3S. The first kappa shape index (κ1) is 16.3. The van der Waals surface area contributed by atoms with E-state index in [9.17, 15) is 8.42 Å². The highest BCUT2D eigenvalue weighted by Crippen LogP contribution is 2.25. The van der Waals surface area contributed by atoms with E-state index in [1.807, 2.05) is 31.2 Å². The van der Waals surface area contributed by atoms with Crippen LogP contribution in [0.4, 0.5) is 5.69 Å². The minimum Gasteiger partial charge on any atom is -0.496 e. The van der Waals surface area contributed by atoms with Gasteiger partial charge in [0.15, 0.2) is 0 Å². The molecule has 0 amide bonds. The molecule has 2 aromatic rings. The van der Waals surface area contributed by atoms with Gasteiger partial charge in [-0.1, -0.05) is 25.1 Å². The summed E-state index contributed by atoms with van der Waals surface area (Å²) >= 11 is 0. The summed E-state index contributed by atoms with van der Waals surface area (Å²) in [5, 5.41) is 0. The van der Waals surface area contributed by atoms with Gasteiger partial charge in [0.05, 0.1) is 12.0 Å². The number of anilines is 1. The van der Waals surface area contributed by atoms with Crippen molar-refractivity contribution in [3.05, 3.63) is 54.1 Å². The van der Waals surface area contributed by atoms with Gasteiger partial charge in [-0.05, 0) is 41.8 Å². The number of methoxy groups -OCH3 is 1. The summed E-state index contributed by atoms with van der Waals surface area (Å²) < 4.78 is 32.4. The van der Waals surface area contributed by atoms with Crippen LogP contribution < -0.4 is 15.2 Å². The average molecular weight is 320 g/mol. The van der Waals surface area contributed by atoms with Gasteiger partial charge in [0.1, 0.15) is 5.75 Å². The Morgan fingerprint density at radius 3 is 2.41 bits per heavy atom. The second kappa shape index (κ2) is 6.81. The van der Waals surface area contributed by atoms with Crippen molar-refractivity contribution in [1.82, 2.24) is 4.72 Å². The van der Waals surface area contributed by atoms with Crippen LogP contribution in [-0.2, 0) is 10.0 Å². The van der Waals surface area contributed by atoms with Crippen molar-refractivity contribution in [3.63, 3.8) is 0 Å². The van der Waals surface area contributed by atoms with Crippen molar-refractivity contribution in [2.75, 3.05) is 19.4 Å². The van der Waals surface area contributed by atoms with E-state index in [1.54, 1.807) is 19.2 Å². The van der Waals surface area contributed by atoms with Crippen LogP contribution in [0.3, 0.4) is 0 Å². The molecule has 3 N–H and O–H groups in total. The molecule has 2 rings (SSSR count). The Balaban J connectivity index is 2.10. The molecule has 118 valence electrons. The van der Waals surface area contributed by atoms with Crippen molar-refractivity contribution in [3.8, 4) is 5.75 Å². The molecule has 6 heteroatoms. The number of hydrogen-bond acceptors (Lipinski definition) is 4. The summed E-state index contributed by atoms with van der Waals surface area (Å²) in [5.74, 6) is 0.737. The Hall–Kier alpha value is -2.05. The van der Waals surface area contributed by atoms with E-state index in [1.165, 1.54) is 12.1 Å². The summed E-state index contributed by atoms with van der Waals surface area (Å²) in [6.07, 6.45) is 0. The molecule has 2 aromatic carbocycles. The zero-order valence-corrected chi connectivity index (χ0v) is 13.4. The number of para-hydroxylation sites is 1. The van der Waals surface area contributed by atoms with Crippen LogP contribution in [0, 0.1) is 0 Å². The third-order valence-electron chi connectivity index (χ3n) is 3.44. The number of ether oxygens (including phenoxy) is 1. The number of nitrogens with one attached hydrogen (secondary N) is 1. The number of nitrogen functional groups attached to an aromatic ring is 1. The Kier molecular flexibility index (Phi) is 5.05. The van der Waals surface area contributed by atoms with Gasteiger partial charge in [-0.25, -0.2) is 13.1 Å². The van der Waals surface area contributed by atoms with E-state index in [2.05, 4.69) is 4.72 Å². The minimum absolute atomic E-state index is 0.0142. The van der Waals surface area contributed by atoms with Crippen LogP contribution in [0.15, 0.2) is 53.4 Å². The Labute approximate surface area is 131 Å². The lowest BCUT2D eigenvalue weighted by molar-refractivity contribution is 0.406. The van der Waals surface area contributed by atoms with Crippen LogP contribution in [0.1, 0.15) is 18.4 Å². The summed E-state index contributed by atoms with van der Waals surface area (Å²) in [6, 6.07) is 13.7. The van der Waals surface area contributed by atoms with Crippen molar-refractivity contribution < 1.29 is 13.2 Å². The predicted molar refractivity (Wildman–Crippen MR) is 87.5 cm³/mol. The van der Waals surface area contributed by atoms with Crippen LogP contribution in [0.5, 0.6) is 5.75 Å². The maximum atomic E-state index is 12.3. The van der Waals surface area contributed by atoms with Gasteiger partial charge in [-0.2, -0.15) is 0 Å². The number of benzene rings is 2. The highest BCUT2D eigenvalue weighted by molar-refractivity contribution is 7.89. The lowest BCUT2D eigenvalue weighted by atomic mass is 10.0. The van der Waals surface area contributed by atoms with Crippen LogP contribution in [0.2, 0.25) is 0 Å². The van der Waals surface area contributed by atoms with E-state index < -0.39 is 10.0 Å². The fraction of sp³-hybridized carbons (Fsp3) is 0.250. The summed E-state index contributed by atoms with van der Waals surface area (Å²) in [5.41, 5.74) is 7.06. The molecule has 22 heavy (non-hydrogen) atoms. The molecule has 0 aliphatic carbocycles. The predicted octanol–water partition coefficient (Wildman–Crippen LogP) is 2.36. The number of sulfonamides is 1. The molecule has 0 fully saturated rings. The Morgan fingerprint density at radius 1 is 1.14 bits per heavy atom. The van der Waals surface area contributed by atoms with Crippen molar-refractivity contribution in [2.45, 2.75) is 17.7 Å². The summed E-state index contributed by atoms with van der Waals surface area (Å²) in [4.78, 5) is 0.203. The van der Waals surface area contributed by atoms with E-state index in [4.69, 9.17) is 10.5 Å². The van der Waals surface area contributed by atoms with E-state index >= 15 is 0 Å². The molecule has 1 unspecified atom stereocenters. The molecule has 0 bridgehead atoms. The number of nitrogens with two attached hydrogens (primary N) is 1. The smallest absolute Gasteiger partial charge is 0.240 e. The first-order valence-electron chi connectivity index (χ1n) is 6.92. The monoisotopic (exact) mass is 320 g/mol. The fourth-order valence-corrected chi connectivity index (χ4v) is 3.28. The van der Waals surface area contributed by atoms with Crippen molar-refractivity contribution >= 4 is 15.7 Å². The Bertz CT molecular complexity index is 727. The Morgan fingerprint density at radius 2 is 1.77 bits per heavy atom. The topological polar surface area (TPSA) is 81.4 Å². The van der Waals surface area contributed by atoms with Gasteiger partial charge in [0, 0.05) is 12.2 Å². The van der Waals surface area contributed by atoms with Gasteiger partial charge in [-0.3, -0.25) is 0 Å². The minimum atomic E-state index is -3.55. The molecule has 0 radical (unpaired) electrons. The molecule has 5 nitrogen and oxygen atoms in total. The van der Waals surface area contributed by atoms with Gasteiger partial charge in [0.2, 0.25) is 10.0 Å². The van der Waals surface area contributed by atoms with Crippen molar-refractivity contribution in [2.24, 2.45) is 0 Å². The third-order valence-corrected chi connectivity index (χ3v) is 4.88. The number of rotatable bonds is 6. The van der Waals surface area contributed by atoms with Gasteiger partial charge >= 0.3 is 0 Å². The molecule has 1 atom stereocenters. The zero-order valence-electron chi connectivity index (χ0n) is 12.6. The molecule has 0 saturated carbocycles. The quantitative estimate of drug-likeness (QED) is 0.801. The van der Waals surface area contributed by atoms with Gasteiger partial charge in [-0.15, -0.1) is 0 Å². The molecule has 0 aliphatic heterocycles. The summed E-state index contributed by atoms with van der Waals surface area (Å²) in [7, 11) is -1.94. The van der Waals surface area contributed by atoms with E-state index in [0.29, 0.717) is 5.69 Å². The van der Waals surface area contributed by atoms with Crippen LogP contribution >= 0.6 is 0 Å². The molecule has 0 heterocycles. The molecule has 0 aromatic heterocycles. The zero-order chi connectivity index (χ0) is 16.2. The SMILES string of the molecule is COc1ccccc1C(C)CNS(=O)(=O)c1ccc(N)cc1. The van der Waals surface area contributed by atoms with E-state index in [0.717, 1.165) is 11.3 Å². The van der Waals surface area contributed by atoms with Gasteiger partial charge < -0.3 is 10.5 Å². The lowest BCUT2D eigenvalue weighted by Gasteiger charge is -2.16. The molecule has 0 aliphatic rings. The summed E-state index contributed by atoms with van der Waals surface area (Å²) in [6.45, 7) is 2.23. The highest BCUT2D eigenvalue weighted by Gasteiger charge is 2.17. The maximum Gasteiger partial charge on any atom is 0.240 e. The lowest BCUT2D eigenvalue weighted by Crippen LogP contribution is -2.27.